The molecule has 1 fully saturated rings. The molecule has 1 saturated heterocycles. The van der Waals surface area contributed by atoms with Crippen molar-refractivity contribution in [2.45, 2.75) is 13.8 Å². The summed E-state index contributed by atoms with van der Waals surface area (Å²) in [7, 11) is 0. The minimum absolute atomic E-state index is 0.0380. The Morgan fingerprint density at radius 1 is 1.03 bits per heavy atom. The zero-order valence-electron chi connectivity index (χ0n) is 17.2. The third kappa shape index (κ3) is 5.71. The number of benzene rings is 2. The molecule has 2 aromatic rings. The molecule has 7 nitrogen and oxygen atoms in total. The third-order valence-electron chi connectivity index (χ3n) is 4.62. The Bertz CT molecular complexity index is 1030. The zero-order chi connectivity index (χ0) is 22.4. The predicted molar refractivity (Wildman–Crippen MR) is 129 cm³/mol. The molecule has 0 saturated carbocycles. The molecule has 0 amide bonds. The lowest BCUT2D eigenvalue weighted by Crippen LogP contribution is -2.32. The highest BCUT2D eigenvalue weighted by Gasteiger charge is 2.31. The highest BCUT2D eigenvalue weighted by molar-refractivity contribution is 7.82. The summed E-state index contributed by atoms with van der Waals surface area (Å²) >= 11 is 10.3. The smallest absolute Gasteiger partial charge is 0.323 e. The first kappa shape index (κ1) is 22.5. The van der Waals surface area contributed by atoms with Crippen molar-refractivity contribution in [3.05, 3.63) is 59.9 Å². The van der Waals surface area contributed by atoms with E-state index in [-0.39, 0.29) is 16.7 Å². The number of hydrogen-bond donors (Lipinski definition) is 1. The SMILES string of the molecule is CCN(CC)c1ccc(N=Nc2ccc(/C=C3/OC(=S)N(CC(=O)O)C3=S)cc2)cc1. The zero-order valence-corrected chi connectivity index (χ0v) is 18.8. The fourth-order valence-electron chi connectivity index (χ4n) is 2.99. The van der Waals surface area contributed by atoms with Gasteiger partial charge in [-0.15, -0.1) is 0 Å². The minimum Gasteiger partial charge on any atom is -0.480 e. The third-order valence-corrected chi connectivity index (χ3v) is 5.34. The maximum Gasteiger partial charge on any atom is 0.323 e. The average Bonchev–Trinajstić information content (AvgIpc) is 3.02. The topological polar surface area (TPSA) is 77.7 Å². The average molecular weight is 455 g/mol. The Labute approximate surface area is 191 Å². The Morgan fingerprint density at radius 2 is 1.58 bits per heavy atom. The minimum atomic E-state index is -1.04. The van der Waals surface area contributed by atoms with Crippen molar-refractivity contribution >= 4 is 63.7 Å². The Morgan fingerprint density at radius 3 is 2.10 bits per heavy atom. The van der Waals surface area contributed by atoms with Crippen LogP contribution in [0.1, 0.15) is 19.4 Å². The van der Waals surface area contributed by atoms with Crippen molar-refractivity contribution in [1.82, 2.24) is 4.90 Å². The van der Waals surface area contributed by atoms with E-state index in [1.54, 1.807) is 6.08 Å². The molecule has 1 aliphatic rings. The van der Waals surface area contributed by atoms with E-state index in [1.807, 2.05) is 48.5 Å². The van der Waals surface area contributed by atoms with Gasteiger partial charge in [0.05, 0.1) is 11.4 Å². The molecule has 160 valence electrons. The van der Waals surface area contributed by atoms with E-state index in [0.717, 1.165) is 30.0 Å². The number of azo groups is 1. The van der Waals surface area contributed by atoms with Gasteiger partial charge in [-0.25, -0.2) is 0 Å². The quantitative estimate of drug-likeness (QED) is 0.329. The summed E-state index contributed by atoms with van der Waals surface area (Å²) in [5.41, 5.74) is 3.46. The summed E-state index contributed by atoms with van der Waals surface area (Å²) in [5.74, 6) is -0.684. The molecule has 0 atom stereocenters. The lowest BCUT2D eigenvalue weighted by Gasteiger charge is -2.20. The first-order valence-corrected chi connectivity index (χ1v) is 10.6. The summed E-state index contributed by atoms with van der Waals surface area (Å²) in [5, 5.41) is 17.6. The number of thiocarbonyl (C=S) groups is 2. The number of aliphatic carboxylic acids is 1. The fourth-order valence-corrected chi connectivity index (χ4v) is 3.55. The molecule has 1 heterocycles. The molecule has 0 aromatic heterocycles. The number of anilines is 1. The van der Waals surface area contributed by atoms with E-state index in [2.05, 4.69) is 29.0 Å². The maximum absolute atomic E-state index is 10.9. The van der Waals surface area contributed by atoms with Gasteiger partial charge in [0.15, 0.2) is 10.7 Å². The van der Waals surface area contributed by atoms with Crippen LogP contribution in [0.3, 0.4) is 0 Å². The summed E-state index contributed by atoms with van der Waals surface area (Å²) in [6, 6.07) is 15.3. The number of rotatable bonds is 8. The second kappa shape index (κ2) is 10.2. The van der Waals surface area contributed by atoms with Gasteiger partial charge in [-0.05, 0) is 74.1 Å². The second-order valence-corrected chi connectivity index (χ2v) is 7.38. The van der Waals surface area contributed by atoms with Crippen LogP contribution in [0.15, 0.2) is 64.5 Å². The van der Waals surface area contributed by atoms with Crippen molar-refractivity contribution in [2.24, 2.45) is 10.2 Å². The maximum atomic E-state index is 10.9. The molecule has 3 rings (SSSR count). The number of carboxylic acids is 1. The molecular formula is C22H22N4O3S2. The molecule has 0 bridgehead atoms. The van der Waals surface area contributed by atoms with Crippen LogP contribution in [0.2, 0.25) is 0 Å². The normalized spacial score (nSPS) is 15.0. The molecule has 1 aliphatic heterocycles. The van der Waals surface area contributed by atoms with Crippen molar-refractivity contribution in [3.8, 4) is 0 Å². The molecule has 9 heteroatoms. The predicted octanol–water partition coefficient (Wildman–Crippen LogP) is 5.32. The van der Waals surface area contributed by atoms with Gasteiger partial charge in [0.2, 0.25) is 0 Å². The highest BCUT2D eigenvalue weighted by Crippen LogP contribution is 2.24. The van der Waals surface area contributed by atoms with E-state index in [1.165, 1.54) is 4.90 Å². The molecule has 31 heavy (non-hydrogen) atoms. The van der Waals surface area contributed by atoms with Gasteiger partial charge in [0.1, 0.15) is 6.54 Å². The summed E-state index contributed by atoms with van der Waals surface area (Å²) in [6.07, 6.45) is 1.71. The van der Waals surface area contributed by atoms with E-state index in [9.17, 15) is 4.79 Å². The Balaban J connectivity index is 1.67. The number of carboxylic acid groups (broad SMARTS) is 1. The first-order chi connectivity index (χ1) is 14.9. The summed E-state index contributed by atoms with van der Waals surface area (Å²) in [6.45, 7) is 5.84. The van der Waals surface area contributed by atoms with Gasteiger partial charge < -0.3 is 14.7 Å². The van der Waals surface area contributed by atoms with Crippen LogP contribution in [-0.4, -0.2) is 45.8 Å². The number of nitrogens with zero attached hydrogens (tertiary/aromatic N) is 4. The number of ether oxygens (including phenoxy) is 1. The van der Waals surface area contributed by atoms with E-state index in [4.69, 9.17) is 34.3 Å². The van der Waals surface area contributed by atoms with E-state index < -0.39 is 5.97 Å². The summed E-state index contributed by atoms with van der Waals surface area (Å²) in [4.78, 5) is 14.7. The van der Waals surface area contributed by atoms with Gasteiger partial charge in [0, 0.05) is 18.8 Å². The van der Waals surface area contributed by atoms with Crippen molar-refractivity contribution < 1.29 is 14.6 Å². The molecule has 2 aromatic carbocycles. The molecule has 0 radical (unpaired) electrons. The van der Waals surface area contributed by atoms with Gasteiger partial charge >= 0.3 is 5.97 Å². The number of carbonyl (C=O) groups is 1. The lowest BCUT2D eigenvalue weighted by molar-refractivity contribution is -0.136. The van der Waals surface area contributed by atoms with Crippen molar-refractivity contribution in [3.63, 3.8) is 0 Å². The largest absolute Gasteiger partial charge is 0.480 e. The van der Waals surface area contributed by atoms with Crippen LogP contribution in [0.5, 0.6) is 0 Å². The van der Waals surface area contributed by atoms with Crippen molar-refractivity contribution in [2.75, 3.05) is 24.5 Å². The number of hydrogen-bond acceptors (Lipinski definition) is 7. The molecule has 0 unspecified atom stereocenters. The Kier molecular flexibility index (Phi) is 7.43. The van der Waals surface area contributed by atoms with E-state index >= 15 is 0 Å². The van der Waals surface area contributed by atoms with Gasteiger partial charge in [-0.3, -0.25) is 9.69 Å². The van der Waals surface area contributed by atoms with Gasteiger partial charge in [0.25, 0.3) is 5.17 Å². The first-order valence-electron chi connectivity index (χ1n) is 9.75. The lowest BCUT2D eigenvalue weighted by atomic mass is 10.2. The van der Waals surface area contributed by atoms with Crippen LogP contribution in [0, 0.1) is 0 Å². The Hall–Kier alpha value is -3.17. The van der Waals surface area contributed by atoms with Gasteiger partial charge in [-0.1, -0.05) is 24.4 Å². The van der Waals surface area contributed by atoms with Crippen LogP contribution in [-0.2, 0) is 9.53 Å². The highest BCUT2D eigenvalue weighted by atomic mass is 32.1. The van der Waals surface area contributed by atoms with Gasteiger partial charge in [-0.2, -0.15) is 10.2 Å². The van der Waals surface area contributed by atoms with Crippen LogP contribution in [0.25, 0.3) is 6.08 Å². The summed E-state index contributed by atoms with van der Waals surface area (Å²) < 4.78 is 5.44. The monoisotopic (exact) mass is 454 g/mol. The standard InChI is InChI=1S/C22H22N4O3S2/c1-3-25(4-2)18-11-9-17(10-12-18)24-23-16-7-5-15(6-8-16)13-19-21(30)26(14-20(27)28)22(31)29-19/h5-13H,3-4,14H2,1-2H3,(H,27,28)/b19-13+,24-23?. The van der Waals surface area contributed by atoms with Crippen LogP contribution in [0.4, 0.5) is 17.1 Å². The molecular weight excluding hydrogens is 432 g/mol. The van der Waals surface area contributed by atoms with Crippen molar-refractivity contribution in [1.29, 1.82) is 0 Å². The van der Waals surface area contributed by atoms with Crippen LogP contribution >= 0.6 is 24.4 Å². The van der Waals surface area contributed by atoms with E-state index in [0.29, 0.717) is 11.4 Å². The van der Waals surface area contributed by atoms with Crippen LogP contribution < -0.4 is 4.90 Å². The fraction of sp³-hybridized carbons (Fsp3) is 0.227. The molecule has 1 N–H and O–H groups in total. The second-order valence-electron chi connectivity index (χ2n) is 6.64. The molecule has 0 aliphatic carbocycles. The molecule has 0 spiro atoms.